The Hall–Kier alpha value is -1.26. The number of nitrogens with zero attached hydrogens (tertiary/aromatic N) is 1. The zero-order valence-electron chi connectivity index (χ0n) is 11.5. The molecule has 3 N–H and O–H groups in total. The van der Waals surface area contributed by atoms with Gasteiger partial charge in [-0.25, -0.2) is 0 Å². The van der Waals surface area contributed by atoms with Gasteiger partial charge in [-0.3, -0.25) is 4.79 Å². The van der Waals surface area contributed by atoms with E-state index < -0.39 is 0 Å². The molecule has 108 valence electrons. The van der Waals surface area contributed by atoms with E-state index in [-0.39, 0.29) is 18.3 Å². The van der Waals surface area contributed by atoms with Crippen LogP contribution in [0.1, 0.15) is 19.3 Å². The first-order valence-corrected chi connectivity index (χ1v) is 6.47. The maximum absolute atomic E-state index is 11.2. The molecule has 0 heterocycles. The Bertz CT molecular complexity index is 346. The Labute approximate surface area is 121 Å². The van der Waals surface area contributed by atoms with Crippen LogP contribution in [0.15, 0.2) is 30.3 Å². The number of hydrogen-bond acceptors (Lipinski definition) is 3. The van der Waals surface area contributed by atoms with E-state index in [1.165, 1.54) is 5.69 Å². The van der Waals surface area contributed by atoms with E-state index in [0.29, 0.717) is 13.0 Å². The van der Waals surface area contributed by atoms with E-state index in [2.05, 4.69) is 29.4 Å². The minimum atomic E-state index is 0. The molecule has 0 aliphatic heterocycles. The number of carbonyl (C=O) groups is 1. The third-order valence-electron chi connectivity index (χ3n) is 2.81. The van der Waals surface area contributed by atoms with Gasteiger partial charge in [0.1, 0.15) is 0 Å². The van der Waals surface area contributed by atoms with Crippen molar-refractivity contribution in [2.24, 2.45) is 5.73 Å². The summed E-state index contributed by atoms with van der Waals surface area (Å²) in [5.41, 5.74) is 6.52. The van der Waals surface area contributed by atoms with E-state index >= 15 is 0 Å². The Morgan fingerprint density at radius 1 is 1.26 bits per heavy atom. The molecule has 4 nitrogen and oxygen atoms in total. The van der Waals surface area contributed by atoms with Crippen molar-refractivity contribution in [3.63, 3.8) is 0 Å². The number of halogens is 1. The number of unbranched alkanes of at least 4 members (excludes halogenated alkanes) is 1. The van der Waals surface area contributed by atoms with Crippen LogP contribution in [0.2, 0.25) is 0 Å². The Morgan fingerprint density at radius 3 is 2.58 bits per heavy atom. The summed E-state index contributed by atoms with van der Waals surface area (Å²) in [5, 5.41) is 2.86. The number of rotatable bonds is 8. The summed E-state index contributed by atoms with van der Waals surface area (Å²) in [7, 11) is 2.09. The first-order valence-electron chi connectivity index (χ1n) is 6.47. The summed E-state index contributed by atoms with van der Waals surface area (Å²) in [4.78, 5) is 13.4. The van der Waals surface area contributed by atoms with E-state index in [1.54, 1.807) is 0 Å². The van der Waals surface area contributed by atoms with Crippen molar-refractivity contribution in [2.75, 3.05) is 31.6 Å². The zero-order valence-corrected chi connectivity index (χ0v) is 12.3. The predicted octanol–water partition coefficient (Wildman–Crippen LogP) is 1.79. The molecule has 0 aliphatic rings. The zero-order chi connectivity index (χ0) is 13.2. The van der Waals surface area contributed by atoms with E-state index in [1.807, 2.05) is 18.2 Å². The molecule has 0 bridgehead atoms. The van der Waals surface area contributed by atoms with Gasteiger partial charge in [-0.15, -0.1) is 12.4 Å². The largest absolute Gasteiger partial charge is 0.375 e. The van der Waals surface area contributed by atoms with Crippen LogP contribution in [-0.2, 0) is 4.79 Å². The SMILES string of the molecule is CN(CCCCNC(=O)CCN)c1ccccc1.Cl. The van der Waals surface area contributed by atoms with Crippen molar-refractivity contribution in [1.29, 1.82) is 0 Å². The number of nitrogens with one attached hydrogen (secondary N) is 1. The second kappa shape index (κ2) is 10.6. The average Bonchev–Trinajstić information content (AvgIpc) is 2.39. The quantitative estimate of drug-likeness (QED) is 0.716. The molecule has 0 radical (unpaired) electrons. The van der Waals surface area contributed by atoms with Gasteiger partial charge in [0.05, 0.1) is 0 Å². The number of anilines is 1. The fourth-order valence-corrected chi connectivity index (χ4v) is 1.73. The lowest BCUT2D eigenvalue weighted by Gasteiger charge is -2.19. The number of nitrogens with two attached hydrogens (primary N) is 1. The smallest absolute Gasteiger partial charge is 0.221 e. The molecule has 0 spiro atoms. The van der Waals surface area contributed by atoms with Crippen molar-refractivity contribution < 1.29 is 4.79 Å². The van der Waals surface area contributed by atoms with Gasteiger partial charge in [-0.05, 0) is 25.0 Å². The number of para-hydroxylation sites is 1. The molecule has 5 heteroatoms. The summed E-state index contributed by atoms with van der Waals surface area (Å²) >= 11 is 0. The van der Waals surface area contributed by atoms with Crippen LogP contribution in [0.25, 0.3) is 0 Å². The Kier molecular flexibility index (Phi) is 9.94. The predicted molar refractivity (Wildman–Crippen MR) is 82.9 cm³/mol. The lowest BCUT2D eigenvalue weighted by atomic mass is 10.2. The highest BCUT2D eigenvalue weighted by Gasteiger charge is 2.00. The first-order chi connectivity index (χ1) is 8.74. The summed E-state index contributed by atoms with van der Waals surface area (Å²) in [6.07, 6.45) is 2.48. The van der Waals surface area contributed by atoms with Crippen molar-refractivity contribution in [2.45, 2.75) is 19.3 Å². The monoisotopic (exact) mass is 285 g/mol. The van der Waals surface area contributed by atoms with Gasteiger partial charge in [0.15, 0.2) is 0 Å². The van der Waals surface area contributed by atoms with Crippen LogP contribution >= 0.6 is 12.4 Å². The highest BCUT2D eigenvalue weighted by atomic mass is 35.5. The molecule has 0 aliphatic carbocycles. The molecule has 0 saturated heterocycles. The molecule has 0 atom stereocenters. The van der Waals surface area contributed by atoms with Crippen molar-refractivity contribution in [3.8, 4) is 0 Å². The Morgan fingerprint density at radius 2 is 1.95 bits per heavy atom. The molecular weight excluding hydrogens is 262 g/mol. The van der Waals surface area contributed by atoms with Crippen LogP contribution in [0.3, 0.4) is 0 Å². The standard InChI is InChI=1S/C14H23N3O.ClH/c1-17(13-7-3-2-4-8-13)12-6-5-11-16-14(18)9-10-15;/h2-4,7-8H,5-6,9-12,15H2,1H3,(H,16,18);1H. The van der Waals surface area contributed by atoms with Crippen molar-refractivity contribution in [1.82, 2.24) is 5.32 Å². The second-order valence-corrected chi connectivity index (χ2v) is 4.35. The van der Waals surface area contributed by atoms with E-state index in [4.69, 9.17) is 5.73 Å². The molecule has 0 fully saturated rings. The molecule has 19 heavy (non-hydrogen) atoms. The molecule has 1 rings (SSSR count). The molecule has 0 saturated carbocycles. The average molecular weight is 286 g/mol. The number of amides is 1. The van der Waals surface area contributed by atoms with Gasteiger partial charge < -0.3 is 16.0 Å². The minimum Gasteiger partial charge on any atom is -0.375 e. The minimum absolute atomic E-state index is 0. The van der Waals surface area contributed by atoms with Gasteiger partial charge in [-0.2, -0.15) is 0 Å². The third-order valence-corrected chi connectivity index (χ3v) is 2.81. The summed E-state index contributed by atoms with van der Waals surface area (Å²) < 4.78 is 0. The van der Waals surface area contributed by atoms with Crippen LogP contribution in [0.5, 0.6) is 0 Å². The normalized spacial score (nSPS) is 9.58. The Balaban J connectivity index is 0.00000324. The van der Waals surface area contributed by atoms with Crippen LogP contribution in [-0.4, -0.2) is 32.6 Å². The second-order valence-electron chi connectivity index (χ2n) is 4.35. The van der Waals surface area contributed by atoms with E-state index in [9.17, 15) is 4.79 Å². The highest BCUT2D eigenvalue weighted by Crippen LogP contribution is 2.11. The van der Waals surface area contributed by atoms with Crippen molar-refractivity contribution in [3.05, 3.63) is 30.3 Å². The van der Waals surface area contributed by atoms with E-state index in [0.717, 1.165) is 25.9 Å². The number of benzene rings is 1. The highest BCUT2D eigenvalue weighted by molar-refractivity contribution is 5.85. The van der Waals surface area contributed by atoms with Gasteiger partial charge in [-0.1, -0.05) is 18.2 Å². The molecule has 1 aromatic rings. The lowest BCUT2D eigenvalue weighted by Crippen LogP contribution is -2.27. The van der Waals surface area contributed by atoms with Gasteiger partial charge in [0.2, 0.25) is 5.91 Å². The molecule has 1 amide bonds. The lowest BCUT2D eigenvalue weighted by molar-refractivity contribution is -0.120. The summed E-state index contributed by atoms with van der Waals surface area (Å²) in [6, 6.07) is 10.3. The number of hydrogen-bond donors (Lipinski definition) is 2. The van der Waals surface area contributed by atoms with Crippen LogP contribution in [0, 0.1) is 0 Å². The van der Waals surface area contributed by atoms with Gasteiger partial charge >= 0.3 is 0 Å². The van der Waals surface area contributed by atoms with Gasteiger partial charge in [0, 0.05) is 38.8 Å². The first kappa shape index (κ1) is 17.7. The fraction of sp³-hybridized carbons (Fsp3) is 0.500. The van der Waals surface area contributed by atoms with Gasteiger partial charge in [0.25, 0.3) is 0 Å². The molecule has 0 aromatic heterocycles. The molecule has 0 unspecified atom stereocenters. The summed E-state index contributed by atoms with van der Waals surface area (Å²) in [6.45, 7) is 2.15. The van der Waals surface area contributed by atoms with Crippen molar-refractivity contribution >= 4 is 24.0 Å². The van der Waals surface area contributed by atoms with Crippen LogP contribution < -0.4 is 16.0 Å². The topological polar surface area (TPSA) is 58.4 Å². The summed E-state index contributed by atoms with van der Waals surface area (Å²) in [5.74, 6) is 0.0499. The molecular formula is C14H24ClN3O. The third kappa shape index (κ3) is 7.70. The van der Waals surface area contributed by atoms with Crippen LogP contribution in [0.4, 0.5) is 5.69 Å². The number of carbonyl (C=O) groups excluding carboxylic acids is 1. The molecule has 1 aromatic carbocycles. The fourth-order valence-electron chi connectivity index (χ4n) is 1.73. The maximum atomic E-state index is 11.2. The maximum Gasteiger partial charge on any atom is 0.221 e.